The van der Waals surface area contributed by atoms with Crippen molar-refractivity contribution >= 4 is 17.2 Å². The molecule has 5 heteroatoms. The van der Waals surface area contributed by atoms with Crippen molar-refractivity contribution in [2.45, 2.75) is 20.3 Å². The predicted octanol–water partition coefficient (Wildman–Crippen LogP) is 3.11. The van der Waals surface area contributed by atoms with Crippen LogP contribution in [0.2, 0.25) is 0 Å². The number of thiazole rings is 1. The molecule has 4 nitrogen and oxygen atoms in total. The maximum Gasteiger partial charge on any atom is 0.273 e. The number of hydrogen-bond acceptors (Lipinski definition) is 4. The summed E-state index contributed by atoms with van der Waals surface area (Å²) >= 11 is 1.55. The summed E-state index contributed by atoms with van der Waals surface area (Å²) in [6.45, 7) is 6.81. The molecular formula is C18H23N3OS. The Kier molecular flexibility index (Phi) is 4.78. The van der Waals surface area contributed by atoms with Crippen LogP contribution < -0.4 is 5.32 Å². The van der Waals surface area contributed by atoms with E-state index in [-0.39, 0.29) is 5.91 Å². The van der Waals surface area contributed by atoms with Gasteiger partial charge in [0.2, 0.25) is 0 Å². The van der Waals surface area contributed by atoms with Crippen LogP contribution in [0.3, 0.4) is 0 Å². The molecule has 0 aliphatic carbocycles. The lowest BCUT2D eigenvalue weighted by atomic mass is 10.1. The summed E-state index contributed by atoms with van der Waals surface area (Å²) in [5.74, 6) is 0.622. The molecule has 122 valence electrons. The summed E-state index contributed by atoms with van der Waals surface area (Å²) in [6, 6.07) is 6.34. The molecule has 3 rings (SSSR count). The fraction of sp³-hybridized carbons (Fsp3) is 0.444. The Labute approximate surface area is 141 Å². The number of aryl methyl sites for hydroxylation is 2. The van der Waals surface area contributed by atoms with E-state index in [0.717, 1.165) is 36.6 Å². The Balaban J connectivity index is 1.75. The van der Waals surface area contributed by atoms with E-state index in [1.54, 1.807) is 11.3 Å². The molecule has 1 fully saturated rings. The van der Waals surface area contributed by atoms with Gasteiger partial charge in [-0.05, 0) is 45.3 Å². The van der Waals surface area contributed by atoms with Crippen molar-refractivity contribution in [3.8, 4) is 10.6 Å². The number of nitrogens with zero attached hydrogens (tertiary/aromatic N) is 2. The Hall–Kier alpha value is -1.72. The summed E-state index contributed by atoms with van der Waals surface area (Å²) in [6.07, 6.45) is 1.07. The summed E-state index contributed by atoms with van der Waals surface area (Å²) in [4.78, 5) is 19.2. The third-order valence-corrected chi connectivity index (χ3v) is 5.28. The van der Waals surface area contributed by atoms with Crippen molar-refractivity contribution in [2.24, 2.45) is 5.92 Å². The molecular weight excluding hydrogens is 306 g/mol. The molecule has 1 atom stereocenters. The average molecular weight is 329 g/mol. The summed E-state index contributed by atoms with van der Waals surface area (Å²) in [5, 5.41) is 6.01. The van der Waals surface area contributed by atoms with Crippen molar-refractivity contribution < 1.29 is 4.79 Å². The van der Waals surface area contributed by atoms with Gasteiger partial charge in [0.1, 0.15) is 10.7 Å². The summed E-state index contributed by atoms with van der Waals surface area (Å²) in [7, 11) is 1.96. The van der Waals surface area contributed by atoms with Gasteiger partial charge in [0.15, 0.2) is 0 Å². The second-order valence-electron chi connectivity index (χ2n) is 6.32. The van der Waals surface area contributed by atoms with Crippen LogP contribution in [0.1, 0.15) is 28.0 Å². The molecule has 1 aliphatic heterocycles. The van der Waals surface area contributed by atoms with Crippen LogP contribution in [0.15, 0.2) is 23.6 Å². The Morgan fingerprint density at radius 2 is 2.26 bits per heavy atom. The lowest BCUT2D eigenvalue weighted by molar-refractivity contribution is 0.0782. The second kappa shape index (κ2) is 6.81. The fourth-order valence-corrected chi connectivity index (χ4v) is 4.07. The maximum atomic E-state index is 12.6. The smallest absolute Gasteiger partial charge is 0.273 e. The quantitative estimate of drug-likeness (QED) is 0.937. The first-order valence-electron chi connectivity index (χ1n) is 8.05. The van der Waals surface area contributed by atoms with Crippen LogP contribution >= 0.6 is 11.3 Å². The second-order valence-corrected chi connectivity index (χ2v) is 7.18. The highest BCUT2D eigenvalue weighted by Gasteiger charge is 2.27. The third kappa shape index (κ3) is 3.46. The van der Waals surface area contributed by atoms with E-state index in [0.29, 0.717) is 11.6 Å². The van der Waals surface area contributed by atoms with E-state index >= 15 is 0 Å². The molecule has 1 N–H and O–H groups in total. The predicted molar refractivity (Wildman–Crippen MR) is 95.0 cm³/mol. The summed E-state index contributed by atoms with van der Waals surface area (Å²) in [5.41, 5.74) is 4.14. The minimum Gasteiger partial charge on any atom is -0.337 e. The van der Waals surface area contributed by atoms with Crippen molar-refractivity contribution in [3.05, 3.63) is 40.4 Å². The zero-order valence-electron chi connectivity index (χ0n) is 13.9. The van der Waals surface area contributed by atoms with E-state index in [1.165, 1.54) is 11.1 Å². The number of aromatic nitrogens is 1. The third-order valence-electron chi connectivity index (χ3n) is 4.40. The Morgan fingerprint density at radius 3 is 3.00 bits per heavy atom. The minimum absolute atomic E-state index is 0.0656. The number of nitrogens with one attached hydrogen (secondary N) is 1. The van der Waals surface area contributed by atoms with Gasteiger partial charge in [0.05, 0.1) is 0 Å². The Bertz CT molecular complexity index is 710. The van der Waals surface area contributed by atoms with Crippen molar-refractivity contribution in [3.63, 3.8) is 0 Å². The van der Waals surface area contributed by atoms with Crippen molar-refractivity contribution in [2.75, 3.05) is 26.7 Å². The number of amides is 1. The van der Waals surface area contributed by atoms with Crippen LogP contribution in [-0.2, 0) is 0 Å². The highest BCUT2D eigenvalue weighted by Crippen LogP contribution is 2.28. The molecule has 0 unspecified atom stereocenters. The summed E-state index contributed by atoms with van der Waals surface area (Å²) < 4.78 is 0. The Morgan fingerprint density at radius 1 is 1.43 bits per heavy atom. The van der Waals surface area contributed by atoms with Gasteiger partial charge in [-0.1, -0.05) is 23.8 Å². The molecule has 0 radical (unpaired) electrons. The highest BCUT2D eigenvalue weighted by molar-refractivity contribution is 7.13. The van der Waals surface area contributed by atoms with E-state index in [9.17, 15) is 4.79 Å². The van der Waals surface area contributed by atoms with Crippen LogP contribution in [0.25, 0.3) is 10.6 Å². The molecule has 1 aromatic heterocycles. The number of rotatable bonds is 4. The number of benzene rings is 1. The van der Waals surface area contributed by atoms with Gasteiger partial charge in [-0.3, -0.25) is 4.79 Å². The number of likely N-dealkylation sites (tertiary alicyclic amines) is 1. The average Bonchev–Trinajstić information content (AvgIpc) is 3.16. The first kappa shape index (κ1) is 16.1. The molecule has 1 saturated heterocycles. The zero-order chi connectivity index (χ0) is 16.4. The van der Waals surface area contributed by atoms with Gasteiger partial charge >= 0.3 is 0 Å². The highest BCUT2D eigenvalue weighted by atomic mass is 32.1. The van der Waals surface area contributed by atoms with Gasteiger partial charge in [-0.2, -0.15) is 0 Å². The molecule has 1 aliphatic rings. The van der Waals surface area contributed by atoms with Crippen LogP contribution in [0.5, 0.6) is 0 Å². The monoisotopic (exact) mass is 329 g/mol. The number of hydrogen-bond donors (Lipinski definition) is 1. The minimum atomic E-state index is 0.0656. The first-order chi connectivity index (χ1) is 11.1. The molecule has 1 amide bonds. The normalized spacial score (nSPS) is 17.7. The maximum absolute atomic E-state index is 12.6. The van der Waals surface area contributed by atoms with Gasteiger partial charge in [-0.15, -0.1) is 11.3 Å². The zero-order valence-corrected chi connectivity index (χ0v) is 14.7. The van der Waals surface area contributed by atoms with Crippen LogP contribution in [0, 0.1) is 19.8 Å². The van der Waals surface area contributed by atoms with Gasteiger partial charge in [0, 0.05) is 24.0 Å². The van der Waals surface area contributed by atoms with Crippen molar-refractivity contribution in [1.29, 1.82) is 0 Å². The number of carbonyl (C=O) groups is 1. The lowest BCUT2D eigenvalue weighted by Crippen LogP contribution is -2.30. The van der Waals surface area contributed by atoms with E-state index in [1.807, 2.05) is 17.3 Å². The van der Waals surface area contributed by atoms with Crippen molar-refractivity contribution in [1.82, 2.24) is 15.2 Å². The molecule has 1 aromatic carbocycles. The number of carbonyl (C=O) groups excluding carboxylic acids is 1. The molecule has 2 aromatic rings. The van der Waals surface area contributed by atoms with Crippen LogP contribution in [0.4, 0.5) is 0 Å². The molecule has 0 spiro atoms. The van der Waals surface area contributed by atoms with Crippen LogP contribution in [-0.4, -0.2) is 42.5 Å². The first-order valence-corrected chi connectivity index (χ1v) is 8.93. The van der Waals surface area contributed by atoms with E-state index < -0.39 is 0 Å². The van der Waals surface area contributed by atoms with E-state index in [4.69, 9.17) is 0 Å². The molecule has 0 bridgehead atoms. The largest absolute Gasteiger partial charge is 0.337 e. The standard InChI is InChI=1S/C18H23N3OS/c1-12-4-5-15(13(2)8-12)17-20-16(11-23-17)18(22)21-7-6-14(10-21)9-19-3/h4-5,8,11,14,19H,6-7,9-10H2,1-3H3/t14-/m0/s1. The fourth-order valence-electron chi connectivity index (χ4n) is 3.18. The lowest BCUT2D eigenvalue weighted by Gasteiger charge is -2.15. The molecule has 0 saturated carbocycles. The van der Waals surface area contributed by atoms with Gasteiger partial charge in [0.25, 0.3) is 5.91 Å². The van der Waals surface area contributed by atoms with Gasteiger partial charge in [-0.25, -0.2) is 4.98 Å². The van der Waals surface area contributed by atoms with E-state index in [2.05, 4.69) is 42.3 Å². The SMILES string of the molecule is CNC[C@@H]1CCN(C(=O)c2csc(-c3ccc(C)cc3C)n2)C1. The molecule has 23 heavy (non-hydrogen) atoms. The van der Waals surface area contributed by atoms with Gasteiger partial charge < -0.3 is 10.2 Å². The topological polar surface area (TPSA) is 45.2 Å². The molecule has 2 heterocycles.